The van der Waals surface area contributed by atoms with E-state index in [0.717, 1.165) is 0 Å². The molecule has 78 valence electrons. The number of aromatic nitrogens is 4. The summed E-state index contributed by atoms with van der Waals surface area (Å²) in [4.78, 5) is 19.1. The third-order valence-corrected chi connectivity index (χ3v) is 1.72. The largest absolute Gasteiger partial charge is 0.462 e. The minimum Gasteiger partial charge on any atom is -0.462 e. The standard InChI is InChI=1S/C8H9N5O2/c1-2-15-6(14)5-3-10-8-11-7(9)12-13(8)4-5/h3-4H,2H2,1H3,(H2,9,12). The van der Waals surface area contributed by atoms with Crippen LogP contribution in [0.4, 0.5) is 5.95 Å². The number of fused-ring (bicyclic) bond motifs is 1. The molecule has 2 aromatic heterocycles. The number of ether oxygens (including phenoxy) is 1. The molecule has 0 atom stereocenters. The van der Waals surface area contributed by atoms with Gasteiger partial charge in [-0.3, -0.25) is 0 Å². The second-order valence-electron chi connectivity index (χ2n) is 2.78. The van der Waals surface area contributed by atoms with Crippen LogP contribution in [0.15, 0.2) is 12.4 Å². The van der Waals surface area contributed by atoms with Gasteiger partial charge in [0.05, 0.1) is 12.2 Å². The molecule has 2 rings (SSSR count). The Labute approximate surface area is 84.9 Å². The fourth-order valence-electron chi connectivity index (χ4n) is 1.12. The van der Waals surface area contributed by atoms with Gasteiger partial charge >= 0.3 is 5.97 Å². The smallest absolute Gasteiger partial charge is 0.341 e. The second kappa shape index (κ2) is 3.52. The van der Waals surface area contributed by atoms with Crippen molar-refractivity contribution >= 4 is 17.7 Å². The van der Waals surface area contributed by atoms with E-state index in [1.807, 2.05) is 0 Å². The molecule has 0 spiro atoms. The van der Waals surface area contributed by atoms with E-state index in [-0.39, 0.29) is 5.95 Å². The third kappa shape index (κ3) is 1.71. The lowest BCUT2D eigenvalue weighted by atomic mass is 10.3. The number of hydrogen-bond acceptors (Lipinski definition) is 6. The normalized spacial score (nSPS) is 10.5. The van der Waals surface area contributed by atoms with Gasteiger partial charge < -0.3 is 10.5 Å². The van der Waals surface area contributed by atoms with E-state index in [9.17, 15) is 4.79 Å². The fourth-order valence-corrected chi connectivity index (χ4v) is 1.12. The van der Waals surface area contributed by atoms with Crippen molar-refractivity contribution in [2.24, 2.45) is 0 Å². The highest BCUT2D eigenvalue weighted by Crippen LogP contribution is 2.03. The van der Waals surface area contributed by atoms with Crippen molar-refractivity contribution in [3.63, 3.8) is 0 Å². The summed E-state index contributed by atoms with van der Waals surface area (Å²) >= 11 is 0. The van der Waals surface area contributed by atoms with E-state index in [1.54, 1.807) is 6.92 Å². The average Bonchev–Trinajstić information content (AvgIpc) is 2.57. The molecule has 2 aromatic rings. The molecular formula is C8H9N5O2. The average molecular weight is 207 g/mol. The van der Waals surface area contributed by atoms with Gasteiger partial charge in [-0.25, -0.2) is 14.3 Å². The van der Waals surface area contributed by atoms with Crippen LogP contribution in [0.3, 0.4) is 0 Å². The van der Waals surface area contributed by atoms with Gasteiger partial charge in [0.2, 0.25) is 5.95 Å². The number of carbonyl (C=O) groups is 1. The van der Waals surface area contributed by atoms with Crippen molar-refractivity contribution < 1.29 is 9.53 Å². The highest BCUT2D eigenvalue weighted by atomic mass is 16.5. The summed E-state index contributed by atoms with van der Waals surface area (Å²) in [5.41, 5.74) is 5.69. The zero-order chi connectivity index (χ0) is 10.8. The Bertz CT molecular complexity index is 507. The van der Waals surface area contributed by atoms with E-state index < -0.39 is 5.97 Å². The summed E-state index contributed by atoms with van der Waals surface area (Å²) in [7, 11) is 0. The summed E-state index contributed by atoms with van der Waals surface area (Å²) in [5.74, 6) is 0.0185. The molecule has 0 aliphatic rings. The molecule has 7 heteroatoms. The molecule has 7 nitrogen and oxygen atoms in total. The maximum absolute atomic E-state index is 11.3. The molecule has 0 aliphatic heterocycles. The second-order valence-corrected chi connectivity index (χ2v) is 2.78. The quantitative estimate of drug-likeness (QED) is 0.690. The molecule has 0 saturated carbocycles. The lowest BCUT2D eigenvalue weighted by molar-refractivity contribution is 0.0525. The lowest BCUT2D eigenvalue weighted by Crippen LogP contribution is -2.07. The first-order valence-electron chi connectivity index (χ1n) is 4.35. The Balaban J connectivity index is 2.41. The van der Waals surface area contributed by atoms with Crippen LogP contribution in [0.5, 0.6) is 0 Å². The van der Waals surface area contributed by atoms with Gasteiger partial charge in [0.1, 0.15) is 0 Å². The molecule has 2 N–H and O–H groups in total. The maximum Gasteiger partial charge on any atom is 0.341 e. The molecule has 0 unspecified atom stereocenters. The topological polar surface area (TPSA) is 95.4 Å². The van der Waals surface area contributed by atoms with Crippen molar-refractivity contribution in [3.8, 4) is 0 Å². The van der Waals surface area contributed by atoms with E-state index in [4.69, 9.17) is 10.5 Å². The number of nitrogens with zero attached hydrogens (tertiary/aromatic N) is 4. The minimum atomic E-state index is -0.444. The summed E-state index contributed by atoms with van der Waals surface area (Å²) in [6.45, 7) is 2.05. The number of anilines is 1. The first kappa shape index (κ1) is 9.38. The Hall–Kier alpha value is -2.18. The molecule has 0 aliphatic carbocycles. The molecule has 0 saturated heterocycles. The minimum absolute atomic E-state index is 0.114. The highest BCUT2D eigenvalue weighted by molar-refractivity contribution is 5.88. The van der Waals surface area contributed by atoms with Crippen LogP contribution in [-0.4, -0.2) is 32.2 Å². The Kier molecular flexibility index (Phi) is 2.20. The van der Waals surface area contributed by atoms with Crippen molar-refractivity contribution in [3.05, 3.63) is 18.0 Å². The maximum atomic E-state index is 11.3. The van der Waals surface area contributed by atoms with Gasteiger partial charge in [-0.1, -0.05) is 0 Å². The summed E-state index contributed by atoms with van der Waals surface area (Å²) in [5, 5.41) is 3.83. The zero-order valence-electron chi connectivity index (χ0n) is 8.04. The van der Waals surface area contributed by atoms with Gasteiger partial charge in [-0.15, -0.1) is 5.10 Å². The predicted molar refractivity (Wildman–Crippen MR) is 51.2 cm³/mol. The molecule has 0 amide bonds. The number of carbonyl (C=O) groups excluding carboxylic acids is 1. The number of esters is 1. The van der Waals surface area contributed by atoms with Crippen LogP contribution in [-0.2, 0) is 4.74 Å². The zero-order valence-corrected chi connectivity index (χ0v) is 8.04. The fraction of sp³-hybridized carbons (Fsp3) is 0.250. The Morgan fingerprint density at radius 3 is 3.20 bits per heavy atom. The van der Waals surface area contributed by atoms with E-state index in [1.165, 1.54) is 16.9 Å². The van der Waals surface area contributed by atoms with Gasteiger partial charge in [0.25, 0.3) is 5.78 Å². The molecule has 0 fully saturated rings. The van der Waals surface area contributed by atoms with E-state index in [0.29, 0.717) is 17.9 Å². The molecule has 15 heavy (non-hydrogen) atoms. The molecule has 0 aromatic carbocycles. The van der Waals surface area contributed by atoms with E-state index >= 15 is 0 Å². The number of nitrogen functional groups attached to an aromatic ring is 1. The number of rotatable bonds is 2. The van der Waals surface area contributed by atoms with E-state index in [2.05, 4.69) is 15.1 Å². The van der Waals surface area contributed by atoms with Crippen molar-refractivity contribution in [1.82, 2.24) is 19.6 Å². The lowest BCUT2D eigenvalue weighted by Gasteiger charge is -2.00. The molecule has 0 radical (unpaired) electrons. The van der Waals surface area contributed by atoms with Gasteiger partial charge in [-0.2, -0.15) is 4.98 Å². The van der Waals surface area contributed by atoms with Crippen molar-refractivity contribution in [2.45, 2.75) is 6.92 Å². The van der Waals surface area contributed by atoms with Crippen molar-refractivity contribution in [2.75, 3.05) is 12.3 Å². The Morgan fingerprint density at radius 1 is 1.67 bits per heavy atom. The van der Waals surface area contributed by atoms with Gasteiger partial charge in [0.15, 0.2) is 0 Å². The third-order valence-electron chi connectivity index (χ3n) is 1.72. The van der Waals surface area contributed by atoms with Crippen LogP contribution in [0.2, 0.25) is 0 Å². The molecular weight excluding hydrogens is 198 g/mol. The van der Waals surface area contributed by atoms with Crippen LogP contribution < -0.4 is 5.73 Å². The summed E-state index contributed by atoms with van der Waals surface area (Å²) in [6, 6.07) is 0. The molecule has 2 heterocycles. The Morgan fingerprint density at radius 2 is 2.47 bits per heavy atom. The monoisotopic (exact) mass is 207 g/mol. The van der Waals surface area contributed by atoms with Crippen LogP contribution in [0.1, 0.15) is 17.3 Å². The summed E-state index contributed by atoms with van der Waals surface area (Å²) < 4.78 is 6.15. The van der Waals surface area contributed by atoms with Crippen LogP contribution in [0, 0.1) is 0 Å². The van der Waals surface area contributed by atoms with Crippen LogP contribution >= 0.6 is 0 Å². The first-order chi connectivity index (χ1) is 7.20. The van der Waals surface area contributed by atoms with Crippen LogP contribution in [0.25, 0.3) is 5.78 Å². The summed E-state index contributed by atoms with van der Waals surface area (Å²) in [6.07, 6.45) is 2.85. The SMILES string of the molecule is CCOC(=O)c1cnc2nc(N)nn2c1. The first-order valence-corrected chi connectivity index (χ1v) is 4.35. The molecule has 0 bridgehead atoms. The van der Waals surface area contributed by atoms with Gasteiger partial charge in [0, 0.05) is 12.4 Å². The van der Waals surface area contributed by atoms with Crippen molar-refractivity contribution in [1.29, 1.82) is 0 Å². The van der Waals surface area contributed by atoms with Gasteiger partial charge in [-0.05, 0) is 6.92 Å². The number of hydrogen-bond donors (Lipinski definition) is 1. The predicted octanol–water partition coefficient (Wildman–Crippen LogP) is -0.117. The number of nitrogens with two attached hydrogens (primary N) is 1. The highest BCUT2D eigenvalue weighted by Gasteiger charge is 2.09.